The van der Waals surface area contributed by atoms with Gasteiger partial charge in [0.05, 0.1) is 36.2 Å². The molecule has 3 aromatic rings. The molecule has 9 nitrogen and oxygen atoms in total. The molecule has 0 radical (unpaired) electrons. The van der Waals surface area contributed by atoms with Crippen molar-refractivity contribution in [2.24, 2.45) is 0 Å². The molecule has 2 heterocycles. The summed E-state index contributed by atoms with van der Waals surface area (Å²) < 4.78 is 22.9. The molecule has 1 aliphatic heterocycles. The fourth-order valence-electron chi connectivity index (χ4n) is 3.90. The molecule has 0 aliphatic carbocycles. The second-order valence-corrected chi connectivity index (χ2v) is 9.23. The molecule has 1 N–H and O–H groups in total. The number of fused-ring (bicyclic) bond motifs is 2. The Kier molecular flexibility index (Phi) is 8.04. The third-order valence-corrected chi connectivity index (χ3v) is 6.32. The summed E-state index contributed by atoms with van der Waals surface area (Å²) in [6.45, 7) is 2.42. The van der Waals surface area contributed by atoms with E-state index in [4.69, 9.17) is 18.6 Å². The molecule has 1 amide bonds. The number of thioether (sulfide) groups is 1. The van der Waals surface area contributed by atoms with Gasteiger partial charge < -0.3 is 33.8 Å². The van der Waals surface area contributed by atoms with Crippen molar-refractivity contribution in [2.75, 3.05) is 31.8 Å². The van der Waals surface area contributed by atoms with Gasteiger partial charge in [-0.3, -0.25) is 9.59 Å². The van der Waals surface area contributed by atoms with Gasteiger partial charge in [0, 0.05) is 12.5 Å². The quantitative estimate of drug-likeness (QED) is 0.459. The van der Waals surface area contributed by atoms with Crippen LogP contribution in [0.25, 0.3) is 22.1 Å². The lowest BCUT2D eigenvalue weighted by molar-refractivity contribution is -0.308. The predicted octanol–water partition coefficient (Wildman–Crippen LogP) is 2.30. The number of hydrogen-bond donors (Lipinski definition) is 1. The van der Waals surface area contributed by atoms with Gasteiger partial charge in [0.1, 0.15) is 17.1 Å². The molecule has 4 rings (SSSR count). The first-order valence-electron chi connectivity index (χ1n) is 11.5. The van der Waals surface area contributed by atoms with Gasteiger partial charge in [-0.1, -0.05) is 6.07 Å². The van der Waals surface area contributed by atoms with Crippen molar-refractivity contribution in [1.82, 2.24) is 5.32 Å². The summed E-state index contributed by atoms with van der Waals surface area (Å²) in [5.41, 5.74) is 1.18. The first-order valence-corrected chi connectivity index (χ1v) is 12.9. The van der Waals surface area contributed by atoms with Gasteiger partial charge in [-0.05, 0) is 55.2 Å². The highest BCUT2D eigenvalue weighted by atomic mass is 32.2. The Morgan fingerprint density at radius 1 is 1.14 bits per heavy atom. The molecule has 2 aromatic carbocycles. The van der Waals surface area contributed by atoms with Crippen LogP contribution >= 0.6 is 11.8 Å². The van der Waals surface area contributed by atoms with Gasteiger partial charge in [-0.25, -0.2) is 0 Å². The van der Waals surface area contributed by atoms with E-state index in [2.05, 4.69) is 5.32 Å². The maximum absolute atomic E-state index is 13.3. The predicted molar refractivity (Wildman–Crippen MR) is 134 cm³/mol. The van der Waals surface area contributed by atoms with Gasteiger partial charge in [-0.2, -0.15) is 11.8 Å². The topological polar surface area (TPSA) is 127 Å². The molecule has 0 saturated heterocycles. The largest absolute Gasteiger partial charge is 0.548 e. The summed E-state index contributed by atoms with van der Waals surface area (Å²) in [4.78, 5) is 36.7. The Labute approximate surface area is 211 Å². The third kappa shape index (κ3) is 5.76. The van der Waals surface area contributed by atoms with Crippen molar-refractivity contribution in [3.05, 3.63) is 52.4 Å². The van der Waals surface area contributed by atoms with Gasteiger partial charge >= 0.3 is 0 Å². The Bertz CT molecular complexity index is 1340. The number of nitrogens with one attached hydrogen (secondary N) is 1. The van der Waals surface area contributed by atoms with E-state index in [0.29, 0.717) is 64.1 Å². The Morgan fingerprint density at radius 3 is 2.67 bits per heavy atom. The molecule has 0 saturated carbocycles. The summed E-state index contributed by atoms with van der Waals surface area (Å²) in [5.74, 6) is 0.579. The van der Waals surface area contributed by atoms with Crippen molar-refractivity contribution in [2.45, 2.75) is 25.8 Å². The number of carbonyl (C=O) groups excluding carboxylic acids is 2. The normalized spacial score (nSPS) is 13.6. The van der Waals surface area contributed by atoms with Crippen LogP contribution in [0, 0.1) is 6.92 Å². The van der Waals surface area contributed by atoms with E-state index >= 15 is 0 Å². The van der Waals surface area contributed by atoms with Gasteiger partial charge in [0.2, 0.25) is 5.43 Å². The lowest BCUT2D eigenvalue weighted by atomic mass is 10.0. The summed E-state index contributed by atoms with van der Waals surface area (Å²) in [5, 5.41) is 14.0. The number of aryl methyl sites for hydroxylation is 1. The SMILES string of the molecule is CSCCC(NC(=O)COc1ccc2c(=O)c(-c3ccc4c(c3)OCCCO4)c(C)oc2c1)C(=O)[O-]. The smallest absolute Gasteiger partial charge is 0.258 e. The van der Waals surface area contributed by atoms with Crippen LogP contribution in [0.15, 0.2) is 45.6 Å². The number of amides is 1. The van der Waals surface area contributed by atoms with Crippen LogP contribution < -0.4 is 30.1 Å². The summed E-state index contributed by atoms with van der Waals surface area (Å²) in [7, 11) is 0. The standard InChI is InChI=1S/C26H27NO8S/c1-15-24(16-4-7-20-22(12-16)33-10-3-9-32-20)25(29)18-6-5-17(13-21(18)35-15)34-14-23(28)27-19(26(30)31)8-11-36-2/h4-7,12-13,19H,3,8-11,14H2,1-2H3,(H,27,28)(H,30,31)/p-1. The lowest BCUT2D eigenvalue weighted by Gasteiger charge is -2.19. The molecule has 190 valence electrons. The molecule has 0 bridgehead atoms. The number of carboxylic acids is 1. The van der Waals surface area contributed by atoms with Crippen molar-refractivity contribution in [1.29, 1.82) is 0 Å². The zero-order valence-electron chi connectivity index (χ0n) is 20.0. The Hall–Kier alpha value is -3.66. The Morgan fingerprint density at radius 2 is 1.92 bits per heavy atom. The molecule has 36 heavy (non-hydrogen) atoms. The van der Waals surface area contributed by atoms with Crippen molar-refractivity contribution >= 4 is 34.6 Å². The van der Waals surface area contributed by atoms with Crippen LogP contribution in [-0.2, 0) is 9.59 Å². The maximum atomic E-state index is 13.3. The second kappa shape index (κ2) is 11.4. The van der Waals surface area contributed by atoms with E-state index in [0.717, 1.165) is 6.42 Å². The monoisotopic (exact) mass is 512 g/mol. The van der Waals surface area contributed by atoms with Gasteiger partial charge in [0.15, 0.2) is 18.1 Å². The lowest BCUT2D eigenvalue weighted by Crippen LogP contribution is -2.49. The second-order valence-electron chi connectivity index (χ2n) is 8.24. The van der Waals surface area contributed by atoms with E-state index in [9.17, 15) is 19.5 Å². The minimum Gasteiger partial charge on any atom is -0.548 e. The van der Waals surface area contributed by atoms with E-state index in [1.54, 1.807) is 37.3 Å². The van der Waals surface area contributed by atoms with E-state index in [-0.39, 0.29) is 11.8 Å². The Balaban J connectivity index is 1.52. The highest BCUT2D eigenvalue weighted by molar-refractivity contribution is 7.98. The minimum absolute atomic E-state index is 0.210. The average Bonchev–Trinajstić information content (AvgIpc) is 3.10. The minimum atomic E-state index is -1.34. The molecule has 10 heteroatoms. The van der Waals surface area contributed by atoms with Gasteiger partial charge in [0.25, 0.3) is 5.91 Å². The fourth-order valence-corrected chi connectivity index (χ4v) is 4.37. The summed E-state index contributed by atoms with van der Waals surface area (Å²) >= 11 is 1.47. The number of ether oxygens (including phenoxy) is 3. The van der Waals surface area contributed by atoms with Crippen LogP contribution in [0.2, 0.25) is 0 Å². The van der Waals surface area contributed by atoms with Crippen LogP contribution in [0.3, 0.4) is 0 Å². The highest BCUT2D eigenvalue weighted by Gasteiger charge is 2.18. The number of carboxylic acid groups (broad SMARTS) is 1. The van der Waals surface area contributed by atoms with Crippen LogP contribution in [0.5, 0.6) is 17.2 Å². The zero-order valence-corrected chi connectivity index (χ0v) is 20.8. The zero-order chi connectivity index (χ0) is 25.7. The number of aliphatic carboxylic acids is 1. The molecule has 0 fully saturated rings. The first-order chi connectivity index (χ1) is 17.4. The van der Waals surface area contributed by atoms with Gasteiger partial charge in [-0.15, -0.1) is 0 Å². The maximum Gasteiger partial charge on any atom is 0.258 e. The summed E-state index contributed by atoms with van der Waals surface area (Å²) in [6.07, 6.45) is 2.88. The van der Waals surface area contributed by atoms with Crippen LogP contribution in [0.4, 0.5) is 0 Å². The fraction of sp³-hybridized carbons (Fsp3) is 0.346. The third-order valence-electron chi connectivity index (χ3n) is 5.68. The summed E-state index contributed by atoms with van der Waals surface area (Å²) in [6, 6.07) is 8.93. The highest BCUT2D eigenvalue weighted by Crippen LogP contribution is 2.35. The van der Waals surface area contributed by atoms with Crippen LogP contribution in [0.1, 0.15) is 18.6 Å². The molecule has 0 spiro atoms. The number of benzene rings is 2. The first kappa shape index (κ1) is 25.4. The number of carbonyl (C=O) groups is 2. The number of hydrogen-bond acceptors (Lipinski definition) is 9. The molecule has 1 unspecified atom stereocenters. The van der Waals surface area contributed by atoms with E-state index in [1.165, 1.54) is 17.8 Å². The van der Waals surface area contributed by atoms with E-state index in [1.807, 2.05) is 6.26 Å². The van der Waals surface area contributed by atoms with E-state index < -0.39 is 24.5 Å². The van der Waals surface area contributed by atoms with Crippen LogP contribution in [-0.4, -0.2) is 49.7 Å². The van der Waals surface area contributed by atoms with Crippen molar-refractivity contribution in [3.8, 4) is 28.4 Å². The average molecular weight is 513 g/mol. The van der Waals surface area contributed by atoms with Crippen molar-refractivity contribution in [3.63, 3.8) is 0 Å². The number of rotatable bonds is 9. The molecular formula is C26H26NO8S-. The molecular weight excluding hydrogens is 486 g/mol. The molecule has 1 atom stereocenters. The molecule has 1 aliphatic rings. The molecule has 1 aromatic heterocycles. The van der Waals surface area contributed by atoms with Crippen molar-refractivity contribution < 1.29 is 33.3 Å².